The Balaban J connectivity index is 2.30. The van der Waals surface area contributed by atoms with Crippen molar-refractivity contribution in [3.63, 3.8) is 0 Å². The van der Waals surface area contributed by atoms with Crippen molar-refractivity contribution in [2.45, 2.75) is 69.7 Å². The first kappa shape index (κ1) is 24.1. The molecule has 30 heavy (non-hydrogen) atoms. The van der Waals surface area contributed by atoms with E-state index in [-0.39, 0.29) is 17.9 Å². The van der Waals surface area contributed by atoms with Gasteiger partial charge in [0, 0.05) is 0 Å². The highest BCUT2D eigenvalue weighted by Gasteiger charge is 2.49. The number of hydrogen-bond donors (Lipinski definition) is 3. The standard InChI is InChI=1S/C20H30N2O7S/c1-6-28-18(24)14-11-15(23)17(16(14)21-19(25)29-20(3,4)5)22-30(26,27)13-9-7-12(2)8-10-13/h7-10,14-17,22-23H,6,11H2,1-5H3,(H,21,25)/t14-,15-,16-,17+/m0/s1. The minimum absolute atomic E-state index is 0.0101. The number of aliphatic hydroxyl groups is 1. The van der Waals surface area contributed by atoms with Gasteiger partial charge in [0.15, 0.2) is 0 Å². The molecule has 1 aliphatic carbocycles. The second kappa shape index (κ2) is 9.32. The molecule has 0 aromatic heterocycles. The maximum atomic E-state index is 12.8. The second-order valence-corrected chi connectivity index (χ2v) is 10.0. The zero-order valence-corrected chi connectivity index (χ0v) is 18.7. The SMILES string of the molecule is CCOC(=O)[C@H]1C[C@H](O)[C@@H](NS(=O)(=O)c2ccc(C)cc2)[C@H]1NC(=O)OC(C)(C)C. The summed E-state index contributed by atoms with van der Waals surface area (Å²) in [6.45, 7) is 8.61. The molecule has 1 aliphatic rings. The summed E-state index contributed by atoms with van der Waals surface area (Å²) in [6, 6.07) is 4.00. The quantitative estimate of drug-likeness (QED) is 0.569. The molecule has 0 heterocycles. The largest absolute Gasteiger partial charge is 0.466 e. The molecule has 0 bridgehead atoms. The fourth-order valence-corrected chi connectivity index (χ4v) is 4.58. The minimum Gasteiger partial charge on any atom is -0.466 e. The Hall–Kier alpha value is -2.17. The average Bonchev–Trinajstić information content (AvgIpc) is 2.89. The van der Waals surface area contributed by atoms with Crippen molar-refractivity contribution in [3.05, 3.63) is 29.8 Å². The van der Waals surface area contributed by atoms with E-state index in [1.807, 2.05) is 6.92 Å². The summed E-state index contributed by atoms with van der Waals surface area (Å²) < 4.78 is 38.4. The lowest BCUT2D eigenvalue weighted by Gasteiger charge is -2.28. The molecule has 168 valence electrons. The Morgan fingerprint density at radius 1 is 1.17 bits per heavy atom. The van der Waals surface area contributed by atoms with E-state index in [1.165, 1.54) is 12.1 Å². The topological polar surface area (TPSA) is 131 Å². The average molecular weight is 443 g/mol. The van der Waals surface area contributed by atoms with Gasteiger partial charge in [-0.3, -0.25) is 4.79 Å². The van der Waals surface area contributed by atoms with Crippen molar-refractivity contribution in [1.82, 2.24) is 10.0 Å². The summed E-state index contributed by atoms with van der Waals surface area (Å²) >= 11 is 0. The summed E-state index contributed by atoms with van der Waals surface area (Å²) in [4.78, 5) is 24.7. The Morgan fingerprint density at radius 2 is 1.77 bits per heavy atom. The molecule has 2 rings (SSSR count). The van der Waals surface area contributed by atoms with Crippen molar-refractivity contribution >= 4 is 22.1 Å². The van der Waals surface area contributed by atoms with Gasteiger partial charge in [-0.15, -0.1) is 0 Å². The minimum atomic E-state index is -4.01. The third-order valence-corrected chi connectivity index (χ3v) is 6.10. The van der Waals surface area contributed by atoms with Crippen LogP contribution in [0.5, 0.6) is 0 Å². The molecular formula is C20H30N2O7S. The van der Waals surface area contributed by atoms with E-state index in [2.05, 4.69) is 10.0 Å². The van der Waals surface area contributed by atoms with E-state index in [0.717, 1.165) is 5.56 Å². The number of amides is 1. The number of carbonyl (C=O) groups excluding carboxylic acids is 2. The molecule has 1 saturated carbocycles. The Morgan fingerprint density at radius 3 is 2.30 bits per heavy atom. The van der Waals surface area contributed by atoms with E-state index >= 15 is 0 Å². The molecule has 0 radical (unpaired) electrons. The van der Waals surface area contributed by atoms with Gasteiger partial charge in [0.05, 0.1) is 35.6 Å². The summed E-state index contributed by atoms with van der Waals surface area (Å²) in [5.74, 6) is -1.56. The highest BCUT2D eigenvalue weighted by Crippen LogP contribution is 2.30. The highest BCUT2D eigenvalue weighted by atomic mass is 32.2. The Kier molecular flexibility index (Phi) is 7.49. The van der Waals surface area contributed by atoms with E-state index in [9.17, 15) is 23.1 Å². The molecule has 0 unspecified atom stereocenters. The number of esters is 1. The van der Waals surface area contributed by atoms with Gasteiger partial charge >= 0.3 is 12.1 Å². The van der Waals surface area contributed by atoms with Crippen LogP contribution in [0.3, 0.4) is 0 Å². The number of benzene rings is 1. The first-order valence-electron chi connectivity index (χ1n) is 9.77. The lowest BCUT2D eigenvalue weighted by molar-refractivity contribution is -0.148. The van der Waals surface area contributed by atoms with Gasteiger partial charge in [-0.1, -0.05) is 17.7 Å². The van der Waals surface area contributed by atoms with Gasteiger partial charge in [0.1, 0.15) is 5.60 Å². The van der Waals surface area contributed by atoms with Gasteiger partial charge in [-0.25, -0.2) is 17.9 Å². The number of ether oxygens (including phenoxy) is 2. The Bertz CT molecular complexity index is 862. The second-order valence-electron chi connectivity index (χ2n) is 8.29. The van der Waals surface area contributed by atoms with Crippen LogP contribution >= 0.6 is 0 Å². The van der Waals surface area contributed by atoms with Crippen LogP contribution in [-0.2, 0) is 24.3 Å². The molecular weight excluding hydrogens is 412 g/mol. The van der Waals surface area contributed by atoms with E-state index in [1.54, 1.807) is 39.8 Å². The molecule has 1 fully saturated rings. The monoisotopic (exact) mass is 442 g/mol. The molecule has 1 aromatic rings. The van der Waals surface area contributed by atoms with Crippen molar-refractivity contribution in [3.8, 4) is 0 Å². The molecule has 0 spiro atoms. The third kappa shape index (κ3) is 6.16. The van der Waals surface area contributed by atoms with Gasteiger partial charge in [-0.05, 0) is 53.2 Å². The lowest BCUT2D eigenvalue weighted by Crippen LogP contribution is -2.55. The summed E-state index contributed by atoms with van der Waals surface area (Å²) in [6.07, 6.45) is -2.10. The molecule has 1 aromatic carbocycles. The van der Waals surface area contributed by atoms with Crippen LogP contribution in [0.2, 0.25) is 0 Å². The van der Waals surface area contributed by atoms with Crippen LogP contribution in [0.25, 0.3) is 0 Å². The maximum absolute atomic E-state index is 12.8. The van der Waals surface area contributed by atoms with Gasteiger partial charge in [0.25, 0.3) is 0 Å². The maximum Gasteiger partial charge on any atom is 0.407 e. The zero-order valence-electron chi connectivity index (χ0n) is 17.8. The van der Waals surface area contributed by atoms with Crippen LogP contribution in [0.1, 0.15) is 39.7 Å². The van der Waals surface area contributed by atoms with Crippen molar-refractivity contribution in [1.29, 1.82) is 0 Å². The predicted molar refractivity (Wildman–Crippen MR) is 109 cm³/mol. The van der Waals surface area contributed by atoms with Crippen molar-refractivity contribution in [2.75, 3.05) is 6.61 Å². The molecule has 10 heteroatoms. The van der Waals surface area contributed by atoms with E-state index in [0.29, 0.717) is 0 Å². The van der Waals surface area contributed by atoms with Crippen LogP contribution < -0.4 is 10.0 Å². The normalized spacial score (nSPS) is 24.3. The van der Waals surface area contributed by atoms with Crippen molar-refractivity contribution in [2.24, 2.45) is 5.92 Å². The highest BCUT2D eigenvalue weighted by molar-refractivity contribution is 7.89. The van der Waals surface area contributed by atoms with Crippen LogP contribution in [0.15, 0.2) is 29.2 Å². The fourth-order valence-electron chi connectivity index (χ4n) is 3.29. The molecule has 0 aliphatic heterocycles. The molecule has 0 saturated heterocycles. The number of aliphatic hydroxyl groups excluding tert-OH is 1. The summed E-state index contributed by atoms with van der Waals surface area (Å²) in [5.41, 5.74) is 0.0964. The molecule has 9 nitrogen and oxygen atoms in total. The van der Waals surface area contributed by atoms with Crippen molar-refractivity contribution < 1.29 is 32.6 Å². The molecule has 1 amide bonds. The van der Waals surface area contributed by atoms with E-state index in [4.69, 9.17) is 9.47 Å². The number of hydrogen-bond acceptors (Lipinski definition) is 7. The lowest BCUT2D eigenvalue weighted by atomic mass is 10.0. The summed E-state index contributed by atoms with van der Waals surface area (Å²) in [7, 11) is -4.01. The number of carbonyl (C=O) groups is 2. The number of aryl methyl sites for hydroxylation is 1. The summed E-state index contributed by atoms with van der Waals surface area (Å²) in [5, 5.41) is 13.1. The number of alkyl carbamates (subject to hydrolysis) is 1. The predicted octanol–water partition coefficient (Wildman–Crippen LogP) is 1.48. The third-order valence-electron chi connectivity index (χ3n) is 4.63. The first-order valence-corrected chi connectivity index (χ1v) is 11.3. The zero-order chi connectivity index (χ0) is 22.7. The number of nitrogens with one attached hydrogen (secondary N) is 2. The molecule has 4 atom stereocenters. The van der Waals surface area contributed by atoms with Gasteiger partial charge < -0.3 is 19.9 Å². The van der Waals surface area contributed by atoms with Crippen LogP contribution in [-0.4, -0.2) is 56.0 Å². The van der Waals surface area contributed by atoms with E-state index < -0.39 is 51.8 Å². The number of sulfonamides is 1. The van der Waals surface area contributed by atoms with Crippen LogP contribution in [0.4, 0.5) is 4.79 Å². The fraction of sp³-hybridized carbons (Fsp3) is 0.600. The smallest absolute Gasteiger partial charge is 0.407 e. The first-order chi connectivity index (χ1) is 13.8. The molecule has 3 N–H and O–H groups in total. The number of rotatable bonds is 6. The van der Waals surface area contributed by atoms with Gasteiger partial charge in [-0.2, -0.15) is 0 Å². The van der Waals surface area contributed by atoms with Crippen LogP contribution in [0, 0.1) is 12.8 Å². The van der Waals surface area contributed by atoms with Gasteiger partial charge in [0.2, 0.25) is 10.0 Å². The Labute approximate surface area is 177 Å².